The SMILES string of the molecule is CNCc1cc(OC)ccc1-c1ccc2c(c1)CCCC2. The number of ether oxygens (including phenoxy) is 1. The lowest BCUT2D eigenvalue weighted by Crippen LogP contribution is -2.07. The number of fused-ring (bicyclic) bond motifs is 1. The lowest BCUT2D eigenvalue weighted by Gasteiger charge is -2.18. The monoisotopic (exact) mass is 281 g/mol. The van der Waals surface area contributed by atoms with Crippen LogP contribution >= 0.6 is 0 Å². The van der Waals surface area contributed by atoms with Gasteiger partial charge in [-0.05, 0) is 72.7 Å². The minimum absolute atomic E-state index is 0.851. The Morgan fingerprint density at radius 2 is 1.81 bits per heavy atom. The van der Waals surface area contributed by atoms with Gasteiger partial charge in [-0.3, -0.25) is 0 Å². The summed E-state index contributed by atoms with van der Waals surface area (Å²) in [5.74, 6) is 0.918. The van der Waals surface area contributed by atoms with Gasteiger partial charge in [0.1, 0.15) is 5.75 Å². The quantitative estimate of drug-likeness (QED) is 0.916. The first-order chi connectivity index (χ1) is 10.3. The number of hydrogen-bond acceptors (Lipinski definition) is 2. The van der Waals surface area contributed by atoms with Gasteiger partial charge in [-0.15, -0.1) is 0 Å². The van der Waals surface area contributed by atoms with Crippen LogP contribution < -0.4 is 10.1 Å². The van der Waals surface area contributed by atoms with E-state index in [2.05, 4.69) is 35.6 Å². The predicted octanol–water partition coefficient (Wildman–Crippen LogP) is 3.96. The summed E-state index contributed by atoms with van der Waals surface area (Å²) >= 11 is 0. The van der Waals surface area contributed by atoms with E-state index in [1.54, 1.807) is 7.11 Å². The van der Waals surface area contributed by atoms with Gasteiger partial charge in [0.15, 0.2) is 0 Å². The highest BCUT2D eigenvalue weighted by Gasteiger charge is 2.12. The van der Waals surface area contributed by atoms with Gasteiger partial charge < -0.3 is 10.1 Å². The molecule has 0 atom stereocenters. The van der Waals surface area contributed by atoms with Crippen LogP contribution in [0.3, 0.4) is 0 Å². The van der Waals surface area contributed by atoms with Crippen LogP contribution in [-0.2, 0) is 19.4 Å². The number of methoxy groups -OCH3 is 1. The number of aryl methyl sites for hydroxylation is 2. The van der Waals surface area contributed by atoms with Crippen molar-refractivity contribution in [2.75, 3.05) is 14.2 Å². The molecule has 21 heavy (non-hydrogen) atoms. The summed E-state index contributed by atoms with van der Waals surface area (Å²) in [6, 6.07) is 13.3. The number of benzene rings is 2. The second-order valence-corrected chi connectivity index (χ2v) is 5.74. The molecule has 110 valence electrons. The Balaban J connectivity index is 2.02. The maximum Gasteiger partial charge on any atom is 0.119 e. The first-order valence-electron chi connectivity index (χ1n) is 7.75. The van der Waals surface area contributed by atoms with E-state index in [0.29, 0.717) is 0 Å². The molecule has 2 heteroatoms. The van der Waals surface area contributed by atoms with Crippen molar-refractivity contribution in [3.05, 3.63) is 53.1 Å². The molecular formula is C19H23NO. The van der Waals surface area contributed by atoms with Gasteiger partial charge in [0, 0.05) is 6.54 Å². The summed E-state index contributed by atoms with van der Waals surface area (Å²) in [5, 5.41) is 3.25. The number of nitrogens with one attached hydrogen (secondary N) is 1. The standard InChI is InChI=1S/C19H23NO/c1-20-13-17-12-18(21-2)9-10-19(17)16-8-7-14-5-3-4-6-15(14)11-16/h7-12,20H,3-6,13H2,1-2H3. The van der Waals surface area contributed by atoms with E-state index in [1.807, 2.05) is 13.1 Å². The van der Waals surface area contributed by atoms with Crippen LogP contribution in [0.4, 0.5) is 0 Å². The van der Waals surface area contributed by atoms with E-state index in [0.717, 1.165) is 12.3 Å². The molecule has 1 aliphatic carbocycles. The highest BCUT2D eigenvalue weighted by Crippen LogP contribution is 2.31. The first kappa shape index (κ1) is 14.2. The van der Waals surface area contributed by atoms with E-state index in [1.165, 1.54) is 53.5 Å². The van der Waals surface area contributed by atoms with Crippen molar-refractivity contribution in [2.24, 2.45) is 0 Å². The molecular weight excluding hydrogens is 258 g/mol. The van der Waals surface area contributed by atoms with Crippen molar-refractivity contribution in [1.29, 1.82) is 0 Å². The highest BCUT2D eigenvalue weighted by atomic mass is 16.5. The van der Waals surface area contributed by atoms with Crippen LogP contribution in [0, 0.1) is 0 Å². The summed E-state index contributed by atoms with van der Waals surface area (Å²) in [5.41, 5.74) is 6.98. The lowest BCUT2D eigenvalue weighted by atomic mass is 9.88. The summed E-state index contributed by atoms with van der Waals surface area (Å²) in [4.78, 5) is 0. The molecule has 0 amide bonds. The fourth-order valence-electron chi connectivity index (χ4n) is 3.22. The molecule has 0 aliphatic heterocycles. The van der Waals surface area contributed by atoms with E-state index in [-0.39, 0.29) is 0 Å². The minimum atomic E-state index is 0.851. The van der Waals surface area contributed by atoms with Crippen LogP contribution in [0.25, 0.3) is 11.1 Å². The third kappa shape index (κ3) is 2.96. The molecule has 2 aromatic rings. The smallest absolute Gasteiger partial charge is 0.119 e. The molecule has 0 spiro atoms. The number of hydrogen-bond donors (Lipinski definition) is 1. The molecule has 1 aliphatic rings. The third-order valence-corrected chi connectivity index (χ3v) is 4.34. The van der Waals surface area contributed by atoms with Crippen molar-refractivity contribution in [3.8, 4) is 16.9 Å². The zero-order valence-corrected chi connectivity index (χ0v) is 12.9. The molecule has 2 nitrogen and oxygen atoms in total. The topological polar surface area (TPSA) is 21.3 Å². The zero-order valence-electron chi connectivity index (χ0n) is 12.9. The Morgan fingerprint density at radius 3 is 2.57 bits per heavy atom. The van der Waals surface area contributed by atoms with Gasteiger partial charge >= 0.3 is 0 Å². The molecule has 0 saturated carbocycles. The largest absolute Gasteiger partial charge is 0.497 e. The van der Waals surface area contributed by atoms with E-state index < -0.39 is 0 Å². The summed E-state index contributed by atoms with van der Waals surface area (Å²) < 4.78 is 5.35. The second kappa shape index (κ2) is 6.31. The first-order valence-corrected chi connectivity index (χ1v) is 7.75. The molecule has 2 aromatic carbocycles. The fraction of sp³-hybridized carbons (Fsp3) is 0.368. The molecule has 0 bridgehead atoms. The lowest BCUT2D eigenvalue weighted by molar-refractivity contribution is 0.414. The van der Waals surface area contributed by atoms with Crippen LogP contribution in [-0.4, -0.2) is 14.2 Å². The van der Waals surface area contributed by atoms with Crippen molar-refractivity contribution in [3.63, 3.8) is 0 Å². The normalized spacial score (nSPS) is 13.8. The maximum absolute atomic E-state index is 5.35. The summed E-state index contributed by atoms with van der Waals surface area (Å²) in [7, 11) is 3.70. The predicted molar refractivity (Wildman–Crippen MR) is 87.8 cm³/mol. The van der Waals surface area contributed by atoms with Crippen LogP contribution in [0.15, 0.2) is 36.4 Å². The van der Waals surface area contributed by atoms with E-state index in [9.17, 15) is 0 Å². The minimum Gasteiger partial charge on any atom is -0.497 e. The van der Waals surface area contributed by atoms with Crippen LogP contribution in [0.5, 0.6) is 5.75 Å². The van der Waals surface area contributed by atoms with Gasteiger partial charge in [0.25, 0.3) is 0 Å². The molecule has 3 rings (SSSR count). The molecule has 0 saturated heterocycles. The maximum atomic E-state index is 5.35. The second-order valence-electron chi connectivity index (χ2n) is 5.74. The van der Waals surface area contributed by atoms with Gasteiger partial charge in [0.05, 0.1) is 7.11 Å². The Kier molecular flexibility index (Phi) is 4.26. The Hall–Kier alpha value is -1.80. The van der Waals surface area contributed by atoms with Crippen molar-refractivity contribution >= 4 is 0 Å². The molecule has 1 N–H and O–H groups in total. The summed E-state index contributed by atoms with van der Waals surface area (Å²) in [6.45, 7) is 0.851. The van der Waals surface area contributed by atoms with Crippen LogP contribution in [0.1, 0.15) is 29.5 Å². The van der Waals surface area contributed by atoms with E-state index >= 15 is 0 Å². The molecule has 0 unspecified atom stereocenters. The third-order valence-electron chi connectivity index (χ3n) is 4.34. The van der Waals surface area contributed by atoms with Crippen molar-refractivity contribution in [1.82, 2.24) is 5.32 Å². The van der Waals surface area contributed by atoms with Crippen molar-refractivity contribution < 1.29 is 4.74 Å². The fourth-order valence-corrected chi connectivity index (χ4v) is 3.22. The van der Waals surface area contributed by atoms with Gasteiger partial charge in [-0.2, -0.15) is 0 Å². The average Bonchev–Trinajstić information content (AvgIpc) is 2.54. The van der Waals surface area contributed by atoms with Crippen molar-refractivity contribution in [2.45, 2.75) is 32.2 Å². The Labute approximate surface area is 127 Å². The number of rotatable bonds is 4. The van der Waals surface area contributed by atoms with Gasteiger partial charge in [-0.25, -0.2) is 0 Å². The molecule has 0 fully saturated rings. The average molecular weight is 281 g/mol. The van der Waals surface area contributed by atoms with Crippen LogP contribution in [0.2, 0.25) is 0 Å². The van der Waals surface area contributed by atoms with E-state index in [4.69, 9.17) is 4.74 Å². The summed E-state index contributed by atoms with van der Waals surface area (Å²) in [6.07, 6.45) is 5.12. The zero-order chi connectivity index (χ0) is 14.7. The Bertz CT molecular complexity index is 633. The highest BCUT2D eigenvalue weighted by molar-refractivity contribution is 5.69. The molecule has 0 aromatic heterocycles. The molecule has 0 radical (unpaired) electrons. The molecule has 0 heterocycles. The Morgan fingerprint density at radius 1 is 1.00 bits per heavy atom. The van der Waals surface area contributed by atoms with Gasteiger partial charge in [0.2, 0.25) is 0 Å². The van der Waals surface area contributed by atoms with Gasteiger partial charge in [-0.1, -0.05) is 24.3 Å².